The molecule has 1 saturated heterocycles. The average Bonchev–Trinajstić information content (AvgIpc) is 2.90. The van der Waals surface area contributed by atoms with Crippen LogP contribution in [-0.2, 0) is 4.74 Å². The fourth-order valence-electron chi connectivity index (χ4n) is 2.51. The molecule has 0 spiro atoms. The molecule has 0 saturated carbocycles. The monoisotopic (exact) mass is 246 g/mol. The molecule has 2 N–H and O–H groups in total. The zero-order chi connectivity index (χ0) is 12.4. The van der Waals surface area contributed by atoms with Crippen molar-refractivity contribution in [3.8, 4) is 5.75 Å². The Kier molecular flexibility index (Phi) is 3.19. The van der Waals surface area contributed by atoms with Gasteiger partial charge in [-0.05, 0) is 37.1 Å². The number of benzene rings is 1. The third kappa shape index (κ3) is 2.34. The Balaban J connectivity index is 1.64. The molecule has 1 aromatic carbocycles. The Hall–Kier alpha value is -1.55. The van der Waals surface area contributed by atoms with Gasteiger partial charge in [0, 0.05) is 0 Å². The lowest BCUT2D eigenvalue weighted by Crippen LogP contribution is -2.40. The summed E-state index contributed by atoms with van der Waals surface area (Å²) in [6, 6.07) is 7.46. The summed E-state index contributed by atoms with van der Waals surface area (Å²) in [5, 5.41) is 12.7. The number of rotatable bonds is 2. The Bertz CT molecular complexity index is 436. The lowest BCUT2D eigenvalue weighted by molar-refractivity contribution is 0.213. The van der Waals surface area contributed by atoms with Gasteiger partial charge in [-0.1, -0.05) is 18.6 Å². The highest BCUT2D eigenvalue weighted by Crippen LogP contribution is 2.26. The van der Waals surface area contributed by atoms with E-state index < -0.39 is 0 Å². The number of hydrogen-bond acceptors (Lipinski definition) is 4. The van der Waals surface area contributed by atoms with Crippen molar-refractivity contribution in [1.29, 1.82) is 0 Å². The molecule has 2 heterocycles. The van der Waals surface area contributed by atoms with Crippen LogP contribution in [0.3, 0.4) is 0 Å². The minimum absolute atomic E-state index is 0.00401. The van der Waals surface area contributed by atoms with E-state index >= 15 is 0 Å². The Morgan fingerprint density at radius 2 is 2.06 bits per heavy atom. The molecule has 1 fully saturated rings. The molecule has 2 unspecified atom stereocenters. The van der Waals surface area contributed by atoms with Crippen molar-refractivity contribution in [3.05, 3.63) is 29.8 Å². The lowest BCUT2D eigenvalue weighted by Gasteiger charge is -2.23. The van der Waals surface area contributed by atoms with Crippen LogP contribution in [0.5, 0.6) is 5.75 Å². The normalized spacial score (nSPS) is 27.7. The predicted octanol–water partition coefficient (Wildman–Crippen LogP) is 2.00. The van der Waals surface area contributed by atoms with Gasteiger partial charge < -0.3 is 15.2 Å². The highest BCUT2D eigenvalue weighted by molar-refractivity contribution is 5.83. The smallest absolute Gasteiger partial charge is 0.201 e. The average molecular weight is 246 g/mol. The zero-order valence-electron chi connectivity index (χ0n) is 10.3. The van der Waals surface area contributed by atoms with Crippen LogP contribution in [0, 0.1) is 0 Å². The molecule has 1 aromatic rings. The van der Waals surface area contributed by atoms with Crippen LogP contribution < -0.4 is 5.32 Å². The van der Waals surface area contributed by atoms with Gasteiger partial charge in [0.1, 0.15) is 11.9 Å². The Labute approximate surface area is 107 Å². The predicted molar refractivity (Wildman–Crippen MR) is 69.9 cm³/mol. The molecule has 2 atom stereocenters. The molecular weight excluding hydrogens is 228 g/mol. The molecule has 4 nitrogen and oxygen atoms in total. The van der Waals surface area contributed by atoms with Crippen LogP contribution in [0.1, 0.15) is 30.9 Å². The number of phenolic OH excluding ortho intramolecular Hbond substituents is 1. The van der Waals surface area contributed by atoms with Gasteiger partial charge in [-0.15, -0.1) is 0 Å². The van der Waals surface area contributed by atoms with Gasteiger partial charge in [-0.2, -0.15) is 0 Å². The first-order valence-electron chi connectivity index (χ1n) is 6.56. The van der Waals surface area contributed by atoms with E-state index in [1.807, 2.05) is 12.1 Å². The summed E-state index contributed by atoms with van der Waals surface area (Å²) < 4.78 is 5.93. The molecule has 3 rings (SSSR count). The number of aromatic hydroxyl groups is 1. The first-order valence-corrected chi connectivity index (χ1v) is 6.56. The highest BCUT2D eigenvalue weighted by Gasteiger charge is 2.28. The SMILES string of the molecule is Oc1ccc(C2CN=C(C3CCCCN3)O2)cc1. The van der Waals surface area contributed by atoms with Gasteiger partial charge in [-0.25, -0.2) is 4.99 Å². The van der Waals surface area contributed by atoms with Crippen molar-refractivity contribution in [3.63, 3.8) is 0 Å². The van der Waals surface area contributed by atoms with Crippen LogP contribution in [0.25, 0.3) is 0 Å². The van der Waals surface area contributed by atoms with E-state index in [-0.39, 0.29) is 11.9 Å². The molecule has 18 heavy (non-hydrogen) atoms. The summed E-state index contributed by atoms with van der Waals surface area (Å²) in [6.07, 6.45) is 3.60. The maximum absolute atomic E-state index is 9.28. The summed E-state index contributed by atoms with van der Waals surface area (Å²) >= 11 is 0. The second-order valence-corrected chi connectivity index (χ2v) is 4.88. The van der Waals surface area contributed by atoms with E-state index in [9.17, 15) is 5.11 Å². The molecule has 0 amide bonds. The van der Waals surface area contributed by atoms with Gasteiger partial charge in [-0.3, -0.25) is 0 Å². The highest BCUT2D eigenvalue weighted by atomic mass is 16.5. The lowest BCUT2D eigenvalue weighted by atomic mass is 10.1. The van der Waals surface area contributed by atoms with Gasteiger partial charge in [0.05, 0.1) is 12.6 Å². The zero-order valence-corrected chi connectivity index (χ0v) is 10.3. The van der Waals surface area contributed by atoms with Crippen molar-refractivity contribution in [2.45, 2.75) is 31.4 Å². The summed E-state index contributed by atoms with van der Waals surface area (Å²) in [5.74, 6) is 1.14. The van der Waals surface area contributed by atoms with Gasteiger partial charge >= 0.3 is 0 Å². The fourth-order valence-corrected chi connectivity index (χ4v) is 2.51. The number of hydrogen-bond donors (Lipinski definition) is 2. The first-order chi connectivity index (χ1) is 8.83. The summed E-state index contributed by atoms with van der Waals surface area (Å²) in [6.45, 7) is 1.73. The van der Waals surface area contributed by atoms with E-state index in [2.05, 4.69) is 10.3 Å². The third-order valence-corrected chi connectivity index (χ3v) is 3.55. The van der Waals surface area contributed by atoms with Crippen molar-refractivity contribution in [2.24, 2.45) is 4.99 Å². The molecule has 4 heteroatoms. The van der Waals surface area contributed by atoms with Crippen LogP contribution in [0.4, 0.5) is 0 Å². The van der Waals surface area contributed by atoms with E-state index in [1.54, 1.807) is 12.1 Å². The molecule has 0 radical (unpaired) electrons. The van der Waals surface area contributed by atoms with E-state index in [1.165, 1.54) is 12.8 Å². The van der Waals surface area contributed by atoms with E-state index in [0.717, 1.165) is 24.4 Å². The molecule has 0 aromatic heterocycles. The molecular formula is C14H18N2O2. The number of phenols is 1. The minimum atomic E-state index is 0.00401. The topological polar surface area (TPSA) is 53.9 Å². The molecule has 0 aliphatic carbocycles. The number of nitrogens with zero attached hydrogens (tertiary/aromatic N) is 1. The van der Waals surface area contributed by atoms with Crippen LogP contribution in [0.2, 0.25) is 0 Å². The quantitative estimate of drug-likeness (QED) is 0.839. The minimum Gasteiger partial charge on any atom is -0.508 e. The molecule has 96 valence electrons. The van der Waals surface area contributed by atoms with Gasteiger partial charge in [0.25, 0.3) is 0 Å². The van der Waals surface area contributed by atoms with Crippen molar-refractivity contribution in [2.75, 3.05) is 13.1 Å². The maximum Gasteiger partial charge on any atom is 0.201 e. The van der Waals surface area contributed by atoms with E-state index in [0.29, 0.717) is 12.6 Å². The number of ether oxygens (including phenoxy) is 1. The van der Waals surface area contributed by atoms with Crippen molar-refractivity contribution < 1.29 is 9.84 Å². The van der Waals surface area contributed by atoms with Gasteiger partial charge in [0.2, 0.25) is 5.90 Å². The Morgan fingerprint density at radius 3 is 2.78 bits per heavy atom. The second kappa shape index (κ2) is 4.98. The van der Waals surface area contributed by atoms with E-state index in [4.69, 9.17) is 4.74 Å². The van der Waals surface area contributed by atoms with Crippen LogP contribution in [-0.4, -0.2) is 30.1 Å². The van der Waals surface area contributed by atoms with Crippen molar-refractivity contribution >= 4 is 5.90 Å². The summed E-state index contributed by atoms with van der Waals surface area (Å²) in [4.78, 5) is 4.51. The number of piperidine rings is 1. The number of aliphatic imine (C=N–C) groups is 1. The second-order valence-electron chi connectivity index (χ2n) is 4.88. The maximum atomic E-state index is 9.28. The third-order valence-electron chi connectivity index (χ3n) is 3.55. The molecule has 2 aliphatic rings. The first kappa shape index (κ1) is 11.5. The van der Waals surface area contributed by atoms with Crippen molar-refractivity contribution in [1.82, 2.24) is 5.32 Å². The number of nitrogens with one attached hydrogen (secondary N) is 1. The molecule has 2 aliphatic heterocycles. The summed E-state index contributed by atoms with van der Waals surface area (Å²) in [5.41, 5.74) is 1.07. The van der Waals surface area contributed by atoms with Gasteiger partial charge in [0.15, 0.2) is 0 Å². The Morgan fingerprint density at radius 1 is 1.22 bits per heavy atom. The van der Waals surface area contributed by atoms with Crippen LogP contribution in [0.15, 0.2) is 29.3 Å². The largest absolute Gasteiger partial charge is 0.508 e. The fraction of sp³-hybridized carbons (Fsp3) is 0.500. The standard InChI is InChI=1S/C14H18N2O2/c17-11-6-4-10(5-7-11)13-9-16-14(18-13)12-3-1-2-8-15-12/h4-7,12-13,15,17H,1-3,8-9H2. The molecule has 0 bridgehead atoms. The summed E-state index contributed by atoms with van der Waals surface area (Å²) in [7, 11) is 0. The van der Waals surface area contributed by atoms with Crippen LogP contribution >= 0.6 is 0 Å².